The van der Waals surface area contributed by atoms with Crippen LogP contribution in [0.25, 0.3) is 6.08 Å². The first kappa shape index (κ1) is 11.8. The summed E-state index contributed by atoms with van der Waals surface area (Å²) < 4.78 is 5.34. The quantitative estimate of drug-likeness (QED) is 0.634. The van der Waals surface area contributed by atoms with Crippen molar-refractivity contribution < 1.29 is 38.9 Å². The summed E-state index contributed by atoms with van der Waals surface area (Å²) in [5.41, 5.74) is 1.17. The van der Waals surface area contributed by atoms with Crippen LogP contribution in [-0.4, -0.2) is 6.61 Å². The van der Waals surface area contributed by atoms with E-state index < -0.39 is 0 Å². The Hall–Kier alpha value is -0.201. The summed E-state index contributed by atoms with van der Waals surface area (Å²) in [6.07, 6.45) is 4.10. The molecular formula is C9H8FeMnO. The van der Waals surface area contributed by atoms with Crippen LogP contribution in [0.4, 0.5) is 0 Å². The van der Waals surface area contributed by atoms with E-state index in [0.717, 1.165) is 5.75 Å². The minimum atomic E-state index is 0. The zero-order chi connectivity index (χ0) is 6.81. The predicted molar refractivity (Wildman–Crippen MR) is 41.0 cm³/mol. The first-order chi connectivity index (χ1) is 4.97. The Labute approximate surface area is 93.1 Å². The Bertz CT molecular complexity index is 273. The maximum atomic E-state index is 5.34. The molecule has 0 N–H and O–H groups in total. The molecule has 1 aliphatic heterocycles. The van der Waals surface area contributed by atoms with Gasteiger partial charge in [-0.15, -0.1) is 0 Å². The minimum absolute atomic E-state index is 0. The van der Waals surface area contributed by atoms with Crippen LogP contribution in [0.5, 0.6) is 5.75 Å². The van der Waals surface area contributed by atoms with Crippen LogP contribution < -0.4 is 4.74 Å². The number of rotatable bonds is 0. The van der Waals surface area contributed by atoms with Crippen molar-refractivity contribution in [2.45, 2.75) is 0 Å². The second kappa shape index (κ2) is 5.45. The van der Waals surface area contributed by atoms with Gasteiger partial charge in [-0.05, 0) is 12.1 Å². The number of hydrogen-bond acceptors (Lipinski definition) is 1. The standard InChI is InChI=1S/C9H8O.Fe.Mn/c1-2-6-9-8(4-1)5-3-7-10-9;;/h1-6H,7H2;;. The molecular weight excluding hydrogens is 235 g/mol. The summed E-state index contributed by atoms with van der Waals surface area (Å²) >= 11 is 0. The number of hydrogen-bond donors (Lipinski definition) is 0. The molecule has 65 valence electrons. The molecule has 0 atom stereocenters. The largest absolute Gasteiger partial charge is 0.489 e. The average molecular weight is 243 g/mol. The van der Waals surface area contributed by atoms with Crippen LogP contribution in [0.15, 0.2) is 30.3 Å². The fraction of sp³-hybridized carbons (Fsp3) is 0.111. The van der Waals surface area contributed by atoms with Crippen LogP contribution >= 0.6 is 0 Å². The summed E-state index contributed by atoms with van der Waals surface area (Å²) in [5.74, 6) is 0.991. The molecule has 0 aromatic heterocycles. The normalized spacial score (nSPS) is 11.7. The smallest absolute Gasteiger partial charge is 0.126 e. The molecule has 1 aromatic carbocycles. The maximum Gasteiger partial charge on any atom is 0.126 e. The fourth-order valence-electron chi connectivity index (χ4n) is 1.06. The molecule has 1 aliphatic rings. The average Bonchev–Trinajstić information content (AvgIpc) is 2.05. The Balaban J connectivity index is 0.000000605. The SMILES string of the molecule is C1=Cc2ccccc2OC1.[Fe].[Mn]. The molecule has 1 aromatic rings. The molecule has 0 aliphatic carbocycles. The molecule has 1 nitrogen and oxygen atoms in total. The molecule has 0 unspecified atom stereocenters. The summed E-state index contributed by atoms with van der Waals surface area (Å²) in [4.78, 5) is 0. The number of ether oxygens (including phenoxy) is 1. The monoisotopic (exact) mass is 243 g/mol. The minimum Gasteiger partial charge on any atom is -0.489 e. The van der Waals surface area contributed by atoms with Gasteiger partial charge in [0, 0.05) is 39.7 Å². The molecule has 0 bridgehead atoms. The summed E-state index contributed by atoms with van der Waals surface area (Å²) in [6.45, 7) is 0.705. The van der Waals surface area contributed by atoms with E-state index in [9.17, 15) is 0 Å². The van der Waals surface area contributed by atoms with Gasteiger partial charge in [-0.3, -0.25) is 0 Å². The first-order valence-electron chi connectivity index (χ1n) is 3.35. The molecule has 3 heteroatoms. The molecule has 0 amide bonds. The van der Waals surface area contributed by atoms with Crippen molar-refractivity contribution in [2.75, 3.05) is 6.61 Å². The van der Waals surface area contributed by atoms with Gasteiger partial charge >= 0.3 is 0 Å². The van der Waals surface area contributed by atoms with E-state index in [4.69, 9.17) is 4.74 Å². The molecule has 0 fully saturated rings. The van der Waals surface area contributed by atoms with Gasteiger partial charge in [0.05, 0.1) is 0 Å². The Morgan fingerprint density at radius 1 is 1.17 bits per heavy atom. The van der Waals surface area contributed by atoms with Crippen molar-refractivity contribution in [1.29, 1.82) is 0 Å². The van der Waals surface area contributed by atoms with Gasteiger partial charge < -0.3 is 4.74 Å². The van der Waals surface area contributed by atoms with E-state index in [1.54, 1.807) is 0 Å². The van der Waals surface area contributed by atoms with Crippen LogP contribution in [0.3, 0.4) is 0 Å². The zero-order valence-corrected chi connectivity index (χ0v) is 8.60. The molecule has 0 saturated carbocycles. The predicted octanol–water partition coefficient (Wildman–Crippen LogP) is 2.09. The van der Waals surface area contributed by atoms with Gasteiger partial charge in [0.25, 0.3) is 0 Å². The Kier molecular flexibility index (Phi) is 5.35. The van der Waals surface area contributed by atoms with Gasteiger partial charge in [-0.2, -0.15) is 0 Å². The Morgan fingerprint density at radius 2 is 1.92 bits per heavy atom. The van der Waals surface area contributed by atoms with Gasteiger partial charge in [0.2, 0.25) is 0 Å². The summed E-state index contributed by atoms with van der Waals surface area (Å²) in [6, 6.07) is 8.03. The number of benzene rings is 1. The number of para-hydroxylation sites is 1. The zero-order valence-electron chi connectivity index (χ0n) is 6.31. The van der Waals surface area contributed by atoms with Gasteiger partial charge in [0.15, 0.2) is 0 Å². The van der Waals surface area contributed by atoms with Crippen molar-refractivity contribution in [3.05, 3.63) is 35.9 Å². The van der Waals surface area contributed by atoms with E-state index in [2.05, 4.69) is 6.08 Å². The third-order valence-electron chi connectivity index (χ3n) is 1.55. The van der Waals surface area contributed by atoms with E-state index >= 15 is 0 Å². The van der Waals surface area contributed by atoms with Crippen LogP contribution in [-0.2, 0) is 34.1 Å². The van der Waals surface area contributed by atoms with Gasteiger partial charge in [-0.1, -0.05) is 24.3 Å². The summed E-state index contributed by atoms with van der Waals surface area (Å²) in [7, 11) is 0. The summed E-state index contributed by atoms with van der Waals surface area (Å²) in [5, 5.41) is 0. The fourth-order valence-corrected chi connectivity index (χ4v) is 1.06. The van der Waals surface area contributed by atoms with Crippen molar-refractivity contribution in [2.24, 2.45) is 0 Å². The van der Waals surface area contributed by atoms with Crippen LogP contribution in [0.2, 0.25) is 0 Å². The van der Waals surface area contributed by atoms with E-state index in [1.165, 1.54) is 5.56 Å². The van der Waals surface area contributed by atoms with Crippen molar-refractivity contribution in [3.8, 4) is 5.75 Å². The van der Waals surface area contributed by atoms with Crippen molar-refractivity contribution in [3.63, 3.8) is 0 Å². The maximum absolute atomic E-state index is 5.34. The van der Waals surface area contributed by atoms with Crippen LogP contribution in [0.1, 0.15) is 5.56 Å². The third-order valence-corrected chi connectivity index (χ3v) is 1.55. The molecule has 12 heavy (non-hydrogen) atoms. The van der Waals surface area contributed by atoms with Crippen LogP contribution in [0, 0.1) is 0 Å². The van der Waals surface area contributed by atoms with E-state index in [1.807, 2.05) is 30.3 Å². The number of fused-ring (bicyclic) bond motifs is 1. The van der Waals surface area contributed by atoms with E-state index in [-0.39, 0.29) is 34.1 Å². The molecule has 2 rings (SSSR count). The molecule has 1 radical (unpaired) electrons. The van der Waals surface area contributed by atoms with E-state index in [0.29, 0.717) is 6.61 Å². The third kappa shape index (κ3) is 2.39. The van der Waals surface area contributed by atoms with Gasteiger partial charge in [-0.25, -0.2) is 0 Å². The second-order valence-corrected chi connectivity index (χ2v) is 2.25. The topological polar surface area (TPSA) is 9.23 Å². The molecule has 0 spiro atoms. The molecule has 1 heterocycles. The van der Waals surface area contributed by atoms with Gasteiger partial charge in [0.1, 0.15) is 12.4 Å². The first-order valence-corrected chi connectivity index (χ1v) is 3.35. The van der Waals surface area contributed by atoms with Crippen molar-refractivity contribution >= 4 is 6.08 Å². The van der Waals surface area contributed by atoms with Crippen molar-refractivity contribution in [1.82, 2.24) is 0 Å². The Morgan fingerprint density at radius 3 is 2.67 bits per heavy atom. The second-order valence-electron chi connectivity index (χ2n) is 2.25. The molecule has 0 saturated heterocycles.